The van der Waals surface area contributed by atoms with E-state index in [-0.39, 0.29) is 6.04 Å². The summed E-state index contributed by atoms with van der Waals surface area (Å²) >= 11 is 0. The van der Waals surface area contributed by atoms with E-state index in [4.69, 9.17) is 0 Å². The van der Waals surface area contributed by atoms with Crippen LogP contribution in [0.2, 0.25) is 0 Å². The van der Waals surface area contributed by atoms with Crippen LogP contribution in [0.5, 0.6) is 0 Å². The van der Waals surface area contributed by atoms with Crippen molar-refractivity contribution in [1.29, 1.82) is 0 Å². The molecule has 0 radical (unpaired) electrons. The standard InChI is InChI=1S/C15H22N6/c1-4-21-11-18-20-14(21)10-17-15(16-3)19-12(2)13-8-6-5-7-9-13/h5-9,11-12H,4,10H2,1-3H3,(H2,16,17,19). The number of benzene rings is 1. The fraction of sp³-hybridized carbons (Fsp3) is 0.400. The zero-order valence-electron chi connectivity index (χ0n) is 12.7. The van der Waals surface area contributed by atoms with Crippen LogP contribution in [-0.2, 0) is 13.1 Å². The van der Waals surface area contributed by atoms with Crippen LogP contribution in [0.15, 0.2) is 41.7 Å². The molecule has 0 saturated carbocycles. The van der Waals surface area contributed by atoms with Gasteiger partial charge >= 0.3 is 0 Å². The van der Waals surface area contributed by atoms with Gasteiger partial charge in [-0.25, -0.2) is 0 Å². The lowest BCUT2D eigenvalue weighted by Gasteiger charge is -2.18. The number of aromatic nitrogens is 3. The Hall–Kier alpha value is -2.37. The maximum Gasteiger partial charge on any atom is 0.191 e. The summed E-state index contributed by atoms with van der Waals surface area (Å²) in [5.41, 5.74) is 1.22. The van der Waals surface area contributed by atoms with Crippen molar-refractivity contribution in [1.82, 2.24) is 25.4 Å². The number of aryl methyl sites for hydroxylation is 1. The lowest BCUT2D eigenvalue weighted by atomic mass is 10.1. The van der Waals surface area contributed by atoms with Crippen molar-refractivity contribution < 1.29 is 0 Å². The Morgan fingerprint density at radius 2 is 2.10 bits per heavy atom. The van der Waals surface area contributed by atoms with Crippen molar-refractivity contribution in [2.75, 3.05) is 7.05 Å². The van der Waals surface area contributed by atoms with Gasteiger partial charge in [0.2, 0.25) is 0 Å². The zero-order valence-corrected chi connectivity index (χ0v) is 12.7. The molecule has 0 fully saturated rings. The van der Waals surface area contributed by atoms with E-state index in [1.54, 1.807) is 13.4 Å². The fourth-order valence-corrected chi connectivity index (χ4v) is 2.07. The summed E-state index contributed by atoms with van der Waals surface area (Å²) in [7, 11) is 1.76. The van der Waals surface area contributed by atoms with Gasteiger partial charge in [0.25, 0.3) is 0 Å². The van der Waals surface area contributed by atoms with Gasteiger partial charge in [-0.2, -0.15) is 0 Å². The number of guanidine groups is 1. The molecule has 2 N–H and O–H groups in total. The SMILES string of the molecule is CCn1cnnc1CNC(=NC)NC(C)c1ccccc1. The molecule has 6 nitrogen and oxygen atoms in total. The molecule has 0 aliphatic heterocycles. The van der Waals surface area contributed by atoms with Crippen LogP contribution >= 0.6 is 0 Å². The Labute approximate surface area is 125 Å². The highest BCUT2D eigenvalue weighted by atomic mass is 15.3. The normalized spacial score (nSPS) is 13.0. The number of hydrogen-bond acceptors (Lipinski definition) is 3. The molecular formula is C15H22N6. The van der Waals surface area contributed by atoms with Gasteiger partial charge in [-0.1, -0.05) is 30.3 Å². The molecule has 2 aromatic rings. The van der Waals surface area contributed by atoms with Crippen molar-refractivity contribution in [3.05, 3.63) is 48.0 Å². The summed E-state index contributed by atoms with van der Waals surface area (Å²) < 4.78 is 2.00. The average molecular weight is 286 g/mol. The largest absolute Gasteiger partial charge is 0.350 e. The van der Waals surface area contributed by atoms with Crippen LogP contribution in [0.4, 0.5) is 0 Å². The molecule has 1 unspecified atom stereocenters. The second-order valence-corrected chi connectivity index (χ2v) is 4.74. The molecule has 2 rings (SSSR count). The summed E-state index contributed by atoms with van der Waals surface area (Å²) in [6.45, 7) is 5.62. The van der Waals surface area contributed by atoms with Gasteiger partial charge in [0.15, 0.2) is 11.8 Å². The highest BCUT2D eigenvalue weighted by Crippen LogP contribution is 2.10. The smallest absolute Gasteiger partial charge is 0.191 e. The molecule has 21 heavy (non-hydrogen) atoms. The molecule has 6 heteroatoms. The predicted molar refractivity (Wildman–Crippen MR) is 83.9 cm³/mol. The van der Waals surface area contributed by atoms with E-state index in [1.165, 1.54) is 5.56 Å². The van der Waals surface area contributed by atoms with E-state index in [2.05, 4.69) is 51.8 Å². The lowest BCUT2D eigenvalue weighted by Crippen LogP contribution is -2.38. The first-order valence-corrected chi connectivity index (χ1v) is 7.13. The van der Waals surface area contributed by atoms with Gasteiger partial charge in [-0.15, -0.1) is 10.2 Å². The van der Waals surface area contributed by atoms with Crippen molar-refractivity contribution in [2.45, 2.75) is 33.0 Å². The minimum absolute atomic E-state index is 0.182. The van der Waals surface area contributed by atoms with Crippen LogP contribution in [0.1, 0.15) is 31.3 Å². The topological polar surface area (TPSA) is 67.1 Å². The first kappa shape index (κ1) is 15.0. The molecule has 0 spiro atoms. The minimum atomic E-state index is 0.182. The van der Waals surface area contributed by atoms with E-state index in [0.717, 1.165) is 18.3 Å². The van der Waals surface area contributed by atoms with Crippen molar-refractivity contribution in [3.63, 3.8) is 0 Å². The Balaban J connectivity index is 1.92. The van der Waals surface area contributed by atoms with Crippen LogP contribution in [0, 0.1) is 0 Å². The summed E-state index contributed by atoms with van der Waals surface area (Å²) in [5, 5.41) is 14.6. The van der Waals surface area contributed by atoms with Gasteiger partial charge in [0.1, 0.15) is 6.33 Å². The number of nitrogens with one attached hydrogen (secondary N) is 2. The summed E-state index contributed by atoms with van der Waals surface area (Å²) in [5.74, 6) is 1.64. The third-order valence-electron chi connectivity index (χ3n) is 3.33. The average Bonchev–Trinajstić information content (AvgIpc) is 2.99. The van der Waals surface area contributed by atoms with Crippen LogP contribution in [0.3, 0.4) is 0 Å². The second kappa shape index (κ2) is 7.42. The zero-order chi connectivity index (χ0) is 15.1. The maximum absolute atomic E-state index is 4.25. The predicted octanol–water partition coefficient (Wildman–Crippen LogP) is 1.72. The van der Waals surface area contributed by atoms with Crippen LogP contribution in [-0.4, -0.2) is 27.8 Å². The third kappa shape index (κ3) is 4.05. The Morgan fingerprint density at radius 1 is 1.33 bits per heavy atom. The van der Waals surface area contributed by atoms with Crippen molar-refractivity contribution in [3.8, 4) is 0 Å². The highest BCUT2D eigenvalue weighted by Gasteiger charge is 2.08. The molecule has 112 valence electrons. The van der Waals surface area contributed by atoms with Gasteiger partial charge in [0.05, 0.1) is 12.6 Å². The third-order valence-corrected chi connectivity index (χ3v) is 3.33. The second-order valence-electron chi connectivity index (χ2n) is 4.74. The van der Waals surface area contributed by atoms with E-state index >= 15 is 0 Å². The van der Waals surface area contributed by atoms with E-state index in [0.29, 0.717) is 6.54 Å². The highest BCUT2D eigenvalue weighted by molar-refractivity contribution is 5.80. The van der Waals surface area contributed by atoms with E-state index in [1.807, 2.05) is 22.8 Å². The summed E-state index contributed by atoms with van der Waals surface area (Å²) in [6.07, 6.45) is 1.74. The quantitative estimate of drug-likeness (QED) is 0.649. The fourth-order valence-electron chi connectivity index (χ4n) is 2.07. The lowest BCUT2D eigenvalue weighted by molar-refractivity contribution is 0.649. The molecule has 0 bridgehead atoms. The number of nitrogens with zero attached hydrogens (tertiary/aromatic N) is 4. The molecule has 1 heterocycles. The number of rotatable bonds is 5. The van der Waals surface area contributed by atoms with Crippen molar-refractivity contribution in [2.24, 2.45) is 4.99 Å². The Bertz CT molecular complexity index is 575. The summed E-state index contributed by atoms with van der Waals surface area (Å²) in [4.78, 5) is 4.25. The molecule has 1 aromatic heterocycles. The first-order valence-electron chi connectivity index (χ1n) is 7.13. The first-order chi connectivity index (χ1) is 10.2. The van der Waals surface area contributed by atoms with Gasteiger partial charge in [-0.05, 0) is 19.4 Å². The molecule has 0 aliphatic carbocycles. The van der Waals surface area contributed by atoms with Gasteiger partial charge in [0, 0.05) is 13.6 Å². The minimum Gasteiger partial charge on any atom is -0.350 e. The number of hydrogen-bond donors (Lipinski definition) is 2. The maximum atomic E-state index is 4.25. The monoisotopic (exact) mass is 286 g/mol. The van der Waals surface area contributed by atoms with Crippen molar-refractivity contribution >= 4 is 5.96 Å². The summed E-state index contributed by atoms with van der Waals surface area (Å²) in [6, 6.07) is 10.5. The Morgan fingerprint density at radius 3 is 2.76 bits per heavy atom. The van der Waals surface area contributed by atoms with E-state index in [9.17, 15) is 0 Å². The molecule has 1 aromatic carbocycles. The van der Waals surface area contributed by atoms with E-state index < -0.39 is 0 Å². The number of aliphatic imine (C=N–C) groups is 1. The van der Waals surface area contributed by atoms with Gasteiger partial charge < -0.3 is 15.2 Å². The molecule has 0 aliphatic rings. The van der Waals surface area contributed by atoms with Gasteiger partial charge in [-0.3, -0.25) is 4.99 Å². The molecule has 1 atom stereocenters. The Kier molecular flexibility index (Phi) is 5.31. The van der Waals surface area contributed by atoms with Crippen LogP contribution in [0.25, 0.3) is 0 Å². The molecule has 0 amide bonds. The molecular weight excluding hydrogens is 264 g/mol. The van der Waals surface area contributed by atoms with Crippen LogP contribution < -0.4 is 10.6 Å². The molecule has 0 saturated heterocycles.